The first-order valence-corrected chi connectivity index (χ1v) is 14.7. The van der Waals surface area contributed by atoms with Gasteiger partial charge >= 0.3 is 0 Å². The van der Waals surface area contributed by atoms with Crippen molar-refractivity contribution in [2.24, 2.45) is 5.73 Å². The van der Waals surface area contributed by atoms with E-state index in [1.807, 2.05) is 64.4 Å². The van der Waals surface area contributed by atoms with Crippen molar-refractivity contribution in [1.29, 1.82) is 0 Å². The second kappa shape index (κ2) is 13.5. The molecule has 0 aliphatic carbocycles. The lowest BCUT2D eigenvalue weighted by atomic mass is 9.93. The Morgan fingerprint density at radius 1 is 1.07 bits per heavy atom. The lowest BCUT2D eigenvalue weighted by Crippen LogP contribution is -2.35. The highest BCUT2D eigenvalue weighted by atomic mass is 16.5. The molecule has 1 aromatic heterocycles. The predicted octanol–water partition coefficient (Wildman–Crippen LogP) is 5.04. The Labute approximate surface area is 247 Å². The smallest absolute Gasteiger partial charge is 0.251 e. The van der Waals surface area contributed by atoms with Crippen molar-refractivity contribution < 1.29 is 14.3 Å². The van der Waals surface area contributed by atoms with Crippen LogP contribution in [-0.4, -0.2) is 47.8 Å². The Bertz CT molecular complexity index is 1560. The Balaban J connectivity index is 1.24. The number of carbonyl (C=O) groups excluding carboxylic acids is 2. The number of nitrogens with one attached hydrogen (secondary N) is 1. The standard InChI is InChI=1S/C34H39N5O3/c1-24-8-3-14-32(25(24)2)42-19-7-15-33(40)39-18-6-12-30-29(11-5-13-31(30)39)28-21-37-38(23-28)22-26-9-4-10-27(20-26)34(41)36-17-16-35/h3-5,8-11,13-14,20-21,23H,6-7,12,15-19,22,35H2,1-2H3,(H,36,41). The third kappa shape index (κ3) is 6.71. The van der Waals surface area contributed by atoms with Gasteiger partial charge in [0, 0.05) is 49.1 Å². The molecule has 0 saturated carbocycles. The van der Waals surface area contributed by atoms with Crippen LogP contribution < -0.4 is 20.7 Å². The molecule has 3 N–H and O–H groups in total. The zero-order valence-electron chi connectivity index (χ0n) is 24.4. The molecule has 0 saturated heterocycles. The van der Waals surface area contributed by atoms with Crippen LogP contribution in [0.15, 0.2) is 73.1 Å². The summed E-state index contributed by atoms with van der Waals surface area (Å²) in [5.41, 5.74) is 13.7. The topological polar surface area (TPSA) is 102 Å². The summed E-state index contributed by atoms with van der Waals surface area (Å²) in [5, 5.41) is 7.42. The average molecular weight is 566 g/mol. The van der Waals surface area contributed by atoms with Crippen LogP contribution >= 0.6 is 0 Å². The normalized spacial score (nSPS) is 12.6. The molecule has 3 aromatic carbocycles. The molecule has 8 nitrogen and oxygen atoms in total. The van der Waals surface area contributed by atoms with E-state index in [4.69, 9.17) is 10.5 Å². The number of hydrogen-bond donors (Lipinski definition) is 2. The van der Waals surface area contributed by atoms with Crippen LogP contribution in [0.5, 0.6) is 5.75 Å². The minimum Gasteiger partial charge on any atom is -0.493 e. The van der Waals surface area contributed by atoms with Crippen LogP contribution in [0.2, 0.25) is 0 Å². The molecule has 8 heteroatoms. The van der Waals surface area contributed by atoms with Crippen LogP contribution in [0, 0.1) is 13.8 Å². The first-order valence-electron chi connectivity index (χ1n) is 14.7. The number of carbonyl (C=O) groups is 2. The van der Waals surface area contributed by atoms with E-state index < -0.39 is 0 Å². The number of aromatic nitrogens is 2. The van der Waals surface area contributed by atoms with Crippen molar-refractivity contribution in [1.82, 2.24) is 15.1 Å². The van der Waals surface area contributed by atoms with Gasteiger partial charge in [-0.2, -0.15) is 5.10 Å². The number of hydrogen-bond acceptors (Lipinski definition) is 5. The van der Waals surface area contributed by atoms with Gasteiger partial charge in [-0.25, -0.2) is 0 Å². The summed E-state index contributed by atoms with van der Waals surface area (Å²) < 4.78 is 7.86. The molecule has 2 amide bonds. The van der Waals surface area contributed by atoms with Crippen LogP contribution in [0.4, 0.5) is 5.69 Å². The Kier molecular flexibility index (Phi) is 9.34. The van der Waals surface area contributed by atoms with Crippen molar-refractivity contribution in [3.63, 3.8) is 0 Å². The van der Waals surface area contributed by atoms with E-state index in [9.17, 15) is 9.59 Å². The zero-order valence-corrected chi connectivity index (χ0v) is 24.4. The molecule has 0 spiro atoms. The predicted molar refractivity (Wildman–Crippen MR) is 166 cm³/mol. The van der Waals surface area contributed by atoms with Crippen LogP contribution in [0.3, 0.4) is 0 Å². The van der Waals surface area contributed by atoms with Crippen molar-refractivity contribution in [2.75, 3.05) is 31.1 Å². The van der Waals surface area contributed by atoms with Crippen LogP contribution in [0.1, 0.15) is 51.9 Å². The highest BCUT2D eigenvalue weighted by Gasteiger charge is 2.24. The summed E-state index contributed by atoms with van der Waals surface area (Å²) >= 11 is 0. The second-order valence-corrected chi connectivity index (χ2v) is 10.8. The van der Waals surface area contributed by atoms with E-state index in [0.29, 0.717) is 44.6 Å². The number of nitrogens with zero attached hydrogens (tertiary/aromatic N) is 3. The maximum Gasteiger partial charge on any atom is 0.251 e. The highest BCUT2D eigenvalue weighted by Crippen LogP contribution is 2.36. The molecular formula is C34H39N5O3. The Morgan fingerprint density at radius 2 is 1.90 bits per heavy atom. The van der Waals surface area contributed by atoms with Crippen molar-refractivity contribution in [3.05, 3.63) is 101 Å². The van der Waals surface area contributed by atoms with E-state index in [-0.39, 0.29) is 11.8 Å². The van der Waals surface area contributed by atoms with Gasteiger partial charge in [-0.05, 0) is 85.2 Å². The number of anilines is 1. The summed E-state index contributed by atoms with van der Waals surface area (Å²) in [4.78, 5) is 27.6. The monoisotopic (exact) mass is 565 g/mol. The minimum absolute atomic E-state index is 0.128. The maximum absolute atomic E-state index is 13.3. The van der Waals surface area contributed by atoms with Gasteiger partial charge in [-0.1, -0.05) is 36.4 Å². The number of amides is 2. The molecule has 5 rings (SSSR count). The molecule has 42 heavy (non-hydrogen) atoms. The van der Waals surface area contributed by atoms with E-state index in [0.717, 1.165) is 53.1 Å². The maximum atomic E-state index is 13.3. The summed E-state index contributed by atoms with van der Waals surface area (Å²) in [7, 11) is 0. The molecule has 0 atom stereocenters. The van der Waals surface area contributed by atoms with Gasteiger partial charge < -0.3 is 20.7 Å². The third-order valence-corrected chi connectivity index (χ3v) is 7.81. The number of ether oxygens (including phenoxy) is 1. The van der Waals surface area contributed by atoms with Crippen LogP contribution in [0.25, 0.3) is 11.1 Å². The molecule has 1 aliphatic rings. The van der Waals surface area contributed by atoms with Crippen LogP contribution in [-0.2, 0) is 17.8 Å². The first-order chi connectivity index (χ1) is 20.4. The quantitative estimate of drug-likeness (QED) is 0.248. The van der Waals surface area contributed by atoms with E-state index in [1.54, 1.807) is 6.07 Å². The molecule has 218 valence electrons. The first kappa shape index (κ1) is 29.1. The van der Waals surface area contributed by atoms with Gasteiger partial charge in [0.15, 0.2) is 0 Å². The summed E-state index contributed by atoms with van der Waals surface area (Å²) in [6.45, 7) is 6.76. The number of rotatable bonds is 11. The number of aryl methyl sites for hydroxylation is 1. The number of nitrogens with two attached hydrogens (primary N) is 1. The molecular weight excluding hydrogens is 526 g/mol. The second-order valence-electron chi connectivity index (χ2n) is 10.8. The molecule has 0 bridgehead atoms. The molecule has 2 heterocycles. The van der Waals surface area contributed by atoms with Gasteiger partial charge in [-0.3, -0.25) is 14.3 Å². The largest absolute Gasteiger partial charge is 0.493 e. The highest BCUT2D eigenvalue weighted by molar-refractivity contribution is 5.96. The van der Waals surface area contributed by atoms with Crippen molar-refractivity contribution >= 4 is 17.5 Å². The van der Waals surface area contributed by atoms with Gasteiger partial charge in [-0.15, -0.1) is 0 Å². The number of benzene rings is 3. The lowest BCUT2D eigenvalue weighted by Gasteiger charge is -2.31. The van der Waals surface area contributed by atoms with Gasteiger partial charge in [0.2, 0.25) is 5.91 Å². The fraction of sp³-hybridized carbons (Fsp3) is 0.324. The summed E-state index contributed by atoms with van der Waals surface area (Å²) in [6.07, 6.45) is 6.84. The van der Waals surface area contributed by atoms with Gasteiger partial charge in [0.05, 0.1) is 19.3 Å². The molecule has 0 unspecified atom stereocenters. The minimum atomic E-state index is -0.132. The zero-order chi connectivity index (χ0) is 29.5. The number of fused-ring (bicyclic) bond motifs is 1. The van der Waals surface area contributed by atoms with Crippen molar-refractivity contribution in [3.8, 4) is 16.9 Å². The Hall–Kier alpha value is -4.43. The van der Waals surface area contributed by atoms with E-state index >= 15 is 0 Å². The molecule has 4 aromatic rings. The fourth-order valence-corrected chi connectivity index (χ4v) is 5.45. The molecule has 0 fully saturated rings. The molecule has 1 aliphatic heterocycles. The van der Waals surface area contributed by atoms with Gasteiger partial charge in [0.25, 0.3) is 5.91 Å². The Morgan fingerprint density at radius 3 is 2.76 bits per heavy atom. The van der Waals surface area contributed by atoms with E-state index in [1.165, 1.54) is 11.1 Å². The van der Waals surface area contributed by atoms with Gasteiger partial charge in [0.1, 0.15) is 5.75 Å². The summed E-state index contributed by atoms with van der Waals surface area (Å²) in [5.74, 6) is 0.882. The fourth-order valence-electron chi connectivity index (χ4n) is 5.45. The van der Waals surface area contributed by atoms with Crippen molar-refractivity contribution in [2.45, 2.75) is 46.1 Å². The third-order valence-electron chi connectivity index (χ3n) is 7.81. The van der Waals surface area contributed by atoms with E-state index in [2.05, 4.69) is 36.4 Å². The summed E-state index contributed by atoms with van der Waals surface area (Å²) in [6, 6.07) is 19.8. The average Bonchev–Trinajstić information content (AvgIpc) is 3.47. The molecule has 0 radical (unpaired) electrons. The lowest BCUT2D eigenvalue weighted by molar-refractivity contribution is -0.118. The SMILES string of the molecule is Cc1cccc(OCCCC(=O)N2CCCc3c(-c4cnn(Cc5cccc(C(=O)NCCN)c5)c4)cccc32)c1C.